The first-order chi connectivity index (χ1) is 8.25. The van der Waals surface area contributed by atoms with E-state index in [1.165, 1.54) is 0 Å². The summed E-state index contributed by atoms with van der Waals surface area (Å²) >= 11 is 0. The van der Waals surface area contributed by atoms with Crippen molar-refractivity contribution >= 4 is 5.97 Å². The quantitative estimate of drug-likeness (QED) is 0.670. The molecule has 100 valence electrons. The van der Waals surface area contributed by atoms with Gasteiger partial charge in [0.15, 0.2) is 0 Å². The Bertz CT molecular complexity index is 445. The Labute approximate surface area is 101 Å². The van der Waals surface area contributed by atoms with Gasteiger partial charge in [0.1, 0.15) is 11.9 Å². The highest BCUT2D eigenvalue weighted by atomic mass is 19.4. The van der Waals surface area contributed by atoms with Crippen LogP contribution in [0.3, 0.4) is 0 Å². The number of rotatable bonds is 3. The van der Waals surface area contributed by atoms with Crippen molar-refractivity contribution in [2.45, 2.75) is 18.6 Å². The predicted octanol–water partition coefficient (Wildman–Crippen LogP) is 1.89. The minimum absolute atomic E-state index is 0.113. The summed E-state index contributed by atoms with van der Waals surface area (Å²) in [5.74, 6) is -2.11. The highest BCUT2D eigenvalue weighted by molar-refractivity contribution is 5.75. The lowest BCUT2D eigenvalue weighted by molar-refractivity contribution is -0.142. The lowest BCUT2D eigenvalue weighted by atomic mass is 10.0. The topological polar surface area (TPSA) is 52.3 Å². The van der Waals surface area contributed by atoms with Crippen molar-refractivity contribution < 1.29 is 27.1 Å². The molecule has 0 aliphatic rings. The molecule has 1 rings (SSSR count). The largest absolute Gasteiger partial charge is 0.468 e. The van der Waals surface area contributed by atoms with E-state index in [0.717, 1.165) is 13.2 Å². The van der Waals surface area contributed by atoms with Gasteiger partial charge in [-0.15, -0.1) is 0 Å². The molecule has 0 unspecified atom stereocenters. The highest BCUT2D eigenvalue weighted by Gasteiger charge is 2.34. The number of benzene rings is 1. The van der Waals surface area contributed by atoms with Crippen molar-refractivity contribution in [3.63, 3.8) is 0 Å². The lowest BCUT2D eigenvalue weighted by Crippen LogP contribution is -2.33. The first kappa shape index (κ1) is 14.4. The Morgan fingerprint density at radius 2 is 2.06 bits per heavy atom. The third-order valence-electron chi connectivity index (χ3n) is 2.30. The highest BCUT2D eigenvalue weighted by Crippen LogP contribution is 2.32. The fourth-order valence-electron chi connectivity index (χ4n) is 1.41. The number of halogens is 4. The lowest BCUT2D eigenvalue weighted by Gasteiger charge is -2.12. The van der Waals surface area contributed by atoms with E-state index in [9.17, 15) is 22.4 Å². The zero-order chi connectivity index (χ0) is 13.9. The van der Waals surface area contributed by atoms with E-state index in [1.54, 1.807) is 0 Å². The normalized spacial score (nSPS) is 13.2. The molecule has 0 amide bonds. The summed E-state index contributed by atoms with van der Waals surface area (Å²) < 4.78 is 54.6. The van der Waals surface area contributed by atoms with Gasteiger partial charge in [0.2, 0.25) is 0 Å². The van der Waals surface area contributed by atoms with Crippen LogP contribution in [0.2, 0.25) is 0 Å². The van der Waals surface area contributed by atoms with E-state index >= 15 is 0 Å². The molecule has 1 atom stereocenters. The first-order valence-electron chi connectivity index (χ1n) is 4.94. The minimum atomic E-state index is -4.78. The van der Waals surface area contributed by atoms with Crippen molar-refractivity contribution in [3.8, 4) is 0 Å². The van der Waals surface area contributed by atoms with Gasteiger partial charge >= 0.3 is 12.1 Å². The molecular formula is C11H11F4NO2. The van der Waals surface area contributed by atoms with Gasteiger partial charge in [-0.3, -0.25) is 4.79 Å². The van der Waals surface area contributed by atoms with Crippen LogP contribution in [0, 0.1) is 5.82 Å². The minimum Gasteiger partial charge on any atom is -0.468 e. The maximum Gasteiger partial charge on any atom is 0.419 e. The molecule has 0 aliphatic heterocycles. The number of carbonyl (C=O) groups is 1. The summed E-state index contributed by atoms with van der Waals surface area (Å²) in [6.07, 6.45) is -4.94. The third kappa shape index (κ3) is 3.43. The van der Waals surface area contributed by atoms with Crippen LogP contribution < -0.4 is 5.73 Å². The maximum absolute atomic E-state index is 13.0. The summed E-state index contributed by atoms with van der Waals surface area (Å²) in [5, 5.41) is 0. The zero-order valence-corrected chi connectivity index (χ0v) is 9.42. The molecule has 0 heterocycles. The Hall–Kier alpha value is -1.63. The Morgan fingerprint density at radius 1 is 1.44 bits per heavy atom. The number of carbonyl (C=O) groups excluding carboxylic acids is 1. The van der Waals surface area contributed by atoms with E-state index in [2.05, 4.69) is 4.74 Å². The number of nitrogens with two attached hydrogens (primary N) is 1. The van der Waals surface area contributed by atoms with E-state index in [-0.39, 0.29) is 12.0 Å². The molecule has 0 saturated carbocycles. The number of methoxy groups -OCH3 is 1. The van der Waals surface area contributed by atoms with Crippen LogP contribution in [0.1, 0.15) is 11.1 Å². The maximum atomic E-state index is 13.0. The van der Waals surface area contributed by atoms with E-state index in [4.69, 9.17) is 5.73 Å². The second-order valence-corrected chi connectivity index (χ2v) is 3.65. The van der Waals surface area contributed by atoms with Gasteiger partial charge in [0.25, 0.3) is 0 Å². The molecule has 0 aromatic heterocycles. The summed E-state index contributed by atoms with van der Waals surface area (Å²) in [6.45, 7) is 0. The molecule has 0 saturated heterocycles. The van der Waals surface area contributed by atoms with Gasteiger partial charge in [-0.1, -0.05) is 6.07 Å². The molecule has 1 aromatic rings. The number of esters is 1. The fraction of sp³-hybridized carbons (Fsp3) is 0.364. The van der Waals surface area contributed by atoms with Crippen molar-refractivity contribution in [2.75, 3.05) is 7.11 Å². The molecular weight excluding hydrogens is 254 g/mol. The Balaban J connectivity index is 2.96. The SMILES string of the molecule is COC(=O)[C@@H](N)Cc1ccc(F)c(C(F)(F)F)c1. The number of alkyl halides is 3. The van der Waals surface area contributed by atoms with Crippen molar-refractivity contribution in [1.82, 2.24) is 0 Å². The molecule has 1 aromatic carbocycles. The predicted molar refractivity (Wildman–Crippen MR) is 55.1 cm³/mol. The van der Waals surface area contributed by atoms with Crippen LogP contribution in [0.5, 0.6) is 0 Å². The second-order valence-electron chi connectivity index (χ2n) is 3.65. The molecule has 7 heteroatoms. The molecule has 18 heavy (non-hydrogen) atoms. The molecule has 0 aliphatic carbocycles. The number of hydrogen-bond donors (Lipinski definition) is 1. The van der Waals surface area contributed by atoms with Crippen molar-refractivity contribution in [2.24, 2.45) is 5.73 Å². The van der Waals surface area contributed by atoms with Gasteiger partial charge in [-0.2, -0.15) is 13.2 Å². The van der Waals surface area contributed by atoms with E-state index in [0.29, 0.717) is 12.1 Å². The molecule has 0 radical (unpaired) electrons. The molecule has 0 spiro atoms. The number of hydrogen-bond acceptors (Lipinski definition) is 3. The number of ether oxygens (including phenoxy) is 1. The summed E-state index contributed by atoms with van der Waals surface area (Å²) in [6, 6.07) is 1.40. The van der Waals surface area contributed by atoms with E-state index < -0.39 is 29.6 Å². The van der Waals surface area contributed by atoms with Gasteiger partial charge in [-0.05, 0) is 24.1 Å². The molecule has 0 bridgehead atoms. The monoisotopic (exact) mass is 265 g/mol. The molecule has 3 nitrogen and oxygen atoms in total. The average molecular weight is 265 g/mol. The second kappa shape index (κ2) is 5.34. The van der Waals surface area contributed by atoms with Gasteiger partial charge < -0.3 is 10.5 Å². The van der Waals surface area contributed by atoms with Gasteiger partial charge in [0, 0.05) is 0 Å². The average Bonchev–Trinajstić information content (AvgIpc) is 2.29. The summed E-state index contributed by atoms with van der Waals surface area (Å²) in [5.41, 5.74) is 4.14. The third-order valence-corrected chi connectivity index (χ3v) is 2.30. The standard InChI is InChI=1S/C11H11F4NO2/c1-18-10(17)9(16)5-6-2-3-8(12)7(4-6)11(13,14)15/h2-4,9H,5,16H2,1H3/t9-/m0/s1. The van der Waals surface area contributed by atoms with E-state index in [1.807, 2.05) is 0 Å². The van der Waals surface area contributed by atoms with Crippen LogP contribution in [-0.2, 0) is 22.1 Å². The fourth-order valence-corrected chi connectivity index (χ4v) is 1.41. The van der Waals surface area contributed by atoms with Gasteiger partial charge in [-0.25, -0.2) is 4.39 Å². The first-order valence-corrected chi connectivity index (χ1v) is 4.94. The van der Waals surface area contributed by atoms with Crippen molar-refractivity contribution in [3.05, 3.63) is 35.1 Å². The van der Waals surface area contributed by atoms with Crippen LogP contribution in [0.25, 0.3) is 0 Å². The molecule has 0 fully saturated rings. The zero-order valence-electron chi connectivity index (χ0n) is 9.42. The molecule has 2 N–H and O–H groups in total. The van der Waals surface area contributed by atoms with Crippen LogP contribution >= 0.6 is 0 Å². The van der Waals surface area contributed by atoms with Crippen LogP contribution in [0.4, 0.5) is 17.6 Å². The van der Waals surface area contributed by atoms with Crippen LogP contribution in [0.15, 0.2) is 18.2 Å². The Morgan fingerprint density at radius 3 is 2.56 bits per heavy atom. The van der Waals surface area contributed by atoms with Crippen molar-refractivity contribution in [1.29, 1.82) is 0 Å². The summed E-state index contributed by atoms with van der Waals surface area (Å²) in [4.78, 5) is 11.0. The van der Waals surface area contributed by atoms with Gasteiger partial charge in [0.05, 0.1) is 12.7 Å². The Kier molecular flexibility index (Phi) is 4.28. The van der Waals surface area contributed by atoms with Crippen LogP contribution in [-0.4, -0.2) is 19.1 Å². The smallest absolute Gasteiger partial charge is 0.419 e. The summed E-state index contributed by atoms with van der Waals surface area (Å²) in [7, 11) is 1.12.